The summed E-state index contributed by atoms with van der Waals surface area (Å²) in [5.74, 6) is 0.334. The molecule has 5 heteroatoms. The van der Waals surface area contributed by atoms with Crippen molar-refractivity contribution in [3.63, 3.8) is 0 Å². The van der Waals surface area contributed by atoms with Crippen molar-refractivity contribution >= 4 is 11.6 Å². The van der Waals surface area contributed by atoms with E-state index in [4.69, 9.17) is 0 Å². The molecule has 0 bridgehead atoms. The summed E-state index contributed by atoms with van der Waals surface area (Å²) >= 11 is 0. The second-order valence-electron chi connectivity index (χ2n) is 6.42. The van der Waals surface area contributed by atoms with Crippen molar-refractivity contribution in [1.82, 2.24) is 15.3 Å². The van der Waals surface area contributed by atoms with Gasteiger partial charge in [0.1, 0.15) is 0 Å². The summed E-state index contributed by atoms with van der Waals surface area (Å²) in [5.41, 5.74) is 4.10. The third kappa shape index (κ3) is 5.13. The monoisotopic (exact) mass is 326 g/mol. The summed E-state index contributed by atoms with van der Waals surface area (Å²) in [7, 11) is 0. The van der Waals surface area contributed by atoms with Crippen molar-refractivity contribution in [1.29, 1.82) is 0 Å². The fraction of sp³-hybridized carbons (Fsp3) is 0.421. The Morgan fingerprint density at radius 3 is 2.67 bits per heavy atom. The molecule has 1 unspecified atom stereocenters. The largest absolute Gasteiger partial charge is 0.324 e. The second kappa shape index (κ2) is 8.55. The normalized spacial score (nSPS) is 12.2. The van der Waals surface area contributed by atoms with Gasteiger partial charge in [-0.2, -0.15) is 0 Å². The predicted molar refractivity (Wildman–Crippen MR) is 97.1 cm³/mol. The van der Waals surface area contributed by atoms with Gasteiger partial charge in [0.05, 0.1) is 12.2 Å². The zero-order valence-electron chi connectivity index (χ0n) is 14.8. The van der Waals surface area contributed by atoms with Gasteiger partial charge in [-0.3, -0.25) is 14.8 Å². The Kier molecular flexibility index (Phi) is 6.44. The molecule has 0 saturated carbocycles. The topological polar surface area (TPSA) is 66.9 Å². The van der Waals surface area contributed by atoms with Crippen LogP contribution in [0.5, 0.6) is 0 Å². The summed E-state index contributed by atoms with van der Waals surface area (Å²) in [6.07, 6.45) is 5.83. The first-order chi connectivity index (χ1) is 11.5. The molecule has 1 atom stereocenters. The Morgan fingerprint density at radius 1 is 1.21 bits per heavy atom. The number of para-hydroxylation sites is 1. The van der Waals surface area contributed by atoms with Crippen LogP contribution in [0, 0.1) is 6.92 Å². The standard InChI is InChI=1S/C19H26N4O/c1-13(2)17-7-5-6-14(3)19(17)23-18(24)12-22-15(4)10-16-11-20-8-9-21-16/h5-9,11,13,15,22H,10,12H2,1-4H3,(H,23,24). The number of hydrogen-bond acceptors (Lipinski definition) is 4. The maximum absolute atomic E-state index is 12.3. The third-order valence-corrected chi connectivity index (χ3v) is 3.93. The number of carbonyl (C=O) groups excluding carboxylic acids is 1. The van der Waals surface area contributed by atoms with Gasteiger partial charge in [-0.05, 0) is 30.9 Å². The van der Waals surface area contributed by atoms with Gasteiger partial charge in [-0.25, -0.2) is 0 Å². The van der Waals surface area contributed by atoms with Crippen LogP contribution < -0.4 is 10.6 Å². The average Bonchev–Trinajstić information content (AvgIpc) is 2.55. The van der Waals surface area contributed by atoms with Gasteiger partial charge in [0, 0.05) is 36.7 Å². The average molecular weight is 326 g/mol. The van der Waals surface area contributed by atoms with Crippen molar-refractivity contribution < 1.29 is 4.79 Å². The molecule has 24 heavy (non-hydrogen) atoms. The Bertz CT molecular complexity index is 670. The van der Waals surface area contributed by atoms with E-state index in [0.717, 1.165) is 28.9 Å². The van der Waals surface area contributed by atoms with Crippen molar-refractivity contribution in [3.05, 3.63) is 53.6 Å². The highest BCUT2D eigenvalue weighted by Crippen LogP contribution is 2.27. The number of carbonyl (C=O) groups is 1. The van der Waals surface area contributed by atoms with Gasteiger partial charge in [-0.1, -0.05) is 32.0 Å². The van der Waals surface area contributed by atoms with Crippen molar-refractivity contribution in [2.45, 2.75) is 46.1 Å². The molecule has 2 aromatic rings. The lowest BCUT2D eigenvalue weighted by atomic mass is 9.98. The minimum absolute atomic E-state index is 0.0304. The van der Waals surface area contributed by atoms with Crippen LogP contribution in [0.25, 0.3) is 0 Å². The van der Waals surface area contributed by atoms with E-state index in [-0.39, 0.29) is 18.5 Å². The number of nitrogens with zero attached hydrogens (tertiary/aromatic N) is 2. The van der Waals surface area contributed by atoms with E-state index in [1.165, 1.54) is 0 Å². The Morgan fingerprint density at radius 2 is 2.00 bits per heavy atom. The molecule has 0 aliphatic carbocycles. The molecule has 1 heterocycles. The number of aryl methyl sites for hydroxylation is 1. The van der Waals surface area contributed by atoms with Crippen molar-refractivity contribution in [2.75, 3.05) is 11.9 Å². The molecule has 2 rings (SSSR count). The van der Waals surface area contributed by atoms with E-state index in [0.29, 0.717) is 5.92 Å². The molecule has 128 valence electrons. The number of rotatable bonds is 7. The molecule has 0 fully saturated rings. The van der Waals surface area contributed by atoms with Gasteiger partial charge in [0.15, 0.2) is 0 Å². The molecular weight excluding hydrogens is 300 g/mol. The number of hydrogen-bond donors (Lipinski definition) is 2. The van der Waals surface area contributed by atoms with Gasteiger partial charge in [0.25, 0.3) is 0 Å². The Balaban J connectivity index is 1.90. The third-order valence-electron chi connectivity index (χ3n) is 3.93. The van der Waals surface area contributed by atoms with E-state index < -0.39 is 0 Å². The van der Waals surface area contributed by atoms with E-state index in [1.54, 1.807) is 18.6 Å². The first-order valence-corrected chi connectivity index (χ1v) is 8.35. The van der Waals surface area contributed by atoms with Crippen molar-refractivity contribution in [3.8, 4) is 0 Å². The van der Waals surface area contributed by atoms with Gasteiger partial charge < -0.3 is 10.6 Å². The fourth-order valence-corrected chi connectivity index (χ4v) is 2.61. The first-order valence-electron chi connectivity index (χ1n) is 8.35. The van der Waals surface area contributed by atoms with Crippen LogP contribution in [0.3, 0.4) is 0 Å². The summed E-state index contributed by atoms with van der Waals surface area (Å²) in [5, 5.41) is 6.29. The highest BCUT2D eigenvalue weighted by molar-refractivity contribution is 5.93. The summed E-state index contributed by atoms with van der Waals surface area (Å²) in [6, 6.07) is 6.26. The smallest absolute Gasteiger partial charge is 0.238 e. The first kappa shape index (κ1) is 18.1. The quantitative estimate of drug-likeness (QED) is 0.820. The molecular formula is C19H26N4O. The SMILES string of the molecule is Cc1cccc(C(C)C)c1NC(=O)CNC(C)Cc1cnccn1. The van der Waals surface area contributed by atoms with Gasteiger partial charge in [-0.15, -0.1) is 0 Å². The molecule has 0 aliphatic heterocycles. The molecule has 5 nitrogen and oxygen atoms in total. The molecule has 0 aliphatic rings. The van der Waals surface area contributed by atoms with Crippen LogP contribution in [0.1, 0.15) is 43.5 Å². The van der Waals surface area contributed by atoms with Crippen LogP contribution >= 0.6 is 0 Å². The van der Waals surface area contributed by atoms with Crippen LogP contribution in [0.2, 0.25) is 0 Å². The lowest BCUT2D eigenvalue weighted by molar-refractivity contribution is -0.115. The highest BCUT2D eigenvalue weighted by Gasteiger charge is 2.13. The molecule has 1 aromatic heterocycles. The lowest BCUT2D eigenvalue weighted by Crippen LogP contribution is -2.36. The van der Waals surface area contributed by atoms with E-state index in [1.807, 2.05) is 26.0 Å². The van der Waals surface area contributed by atoms with E-state index in [9.17, 15) is 4.79 Å². The number of amides is 1. The van der Waals surface area contributed by atoms with Crippen LogP contribution in [0.15, 0.2) is 36.8 Å². The fourth-order valence-electron chi connectivity index (χ4n) is 2.61. The molecule has 1 aromatic carbocycles. The Hall–Kier alpha value is -2.27. The predicted octanol–water partition coefficient (Wildman–Crippen LogP) is 3.07. The van der Waals surface area contributed by atoms with Crippen LogP contribution in [-0.2, 0) is 11.2 Å². The minimum atomic E-state index is -0.0304. The molecule has 2 N–H and O–H groups in total. The summed E-state index contributed by atoms with van der Waals surface area (Å²) in [4.78, 5) is 20.6. The number of nitrogens with one attached hydrogen (secondary N) is 2. The number of anilines is 1. The van der Waals surface area contributed by atoms with Gasteiger partial charge >= 0.3 is 0 Å². The van der Waals surface area contributed by atoms with Gasteiger partial charge in [0.2, 0.25) is 5.91 Å². The molecule has 0 spiro atoms. The minimum Gasteiger partial charge on any atom is -0.324 e. The molecule has 0 saturated heterocycles. The number of benzene rings is 1. The molecule has 0 radical (unpaired) electrons. The summed E-state index contributed by atoms with van der Waals surface area (Å²) < 4.78 is 0. The second-order valence-corrected chi connectivity index (χ2v) is 6.42. The zero-order valence-corrected chi connectivity index (χ0v) is 14.8. The molecule has 1 amide bonds. The lowest BCUT2D eigenvalue weighted by Gasteiger charge is -2.18. The zero-order chi connectivity index (χ0) is 17.5. The summed E-state index contributed by atoms with van der Waals surface area (Å²) in [6.45, 7) is 8.59. The maximum atomic E-state index is 12.3. The maximum Gasteiger partial charge on any atom is 0.238 e. The highest BCUT2D eigenvalue weighted by atomic mass is 16.1. The Labute approximate surface area is 143 Å². The van der Waals surface area contributed by atoms with Crippen LogP contribution in [0.4, 0.5) is 5.69 Å². The van der Waals surface area contributed by atoms with Crippen LogP contribution in [-0.4, -0.2) is 28.5 Å². The van der Waals surface area contributed by atoms with E-state index in [2.05, 4.69) is 40.5 Å². The van der Waals surface area contributed by atoms with E-state index >= 15 is 0 Å². The van der Waals surface area contributed by atoms with Crippen molar-refractivity contribution in [2.24, 2.45) is 0 Å². The number of aromatic nitrogens is 2.